The topological polar surface area (TPSA) is 35.6 Å². The number of hydrogen-bond acceptors (Lipinski definition) is 2. The molecule has 0 amide bonds. The van der Waals surface area contributed by atoms with Crippen molar-refractivity contribution < 1.29 is 0 Å². The summed E-state index contributed by atoms with van der Waals surface area (Å²) in [6.45, 7) is 2.14. The standard InChI is InChI=1S/C53H36N4/c1-35-23-27-42(28-24-35)56-49-21-10-8-19-43(49)45-29-25-41(33-52(45)56)39-18-12-17-38(31-39)40-26-30-51-46(32-40)44-20-9-11-22-50(44)57(51)53-54-47(36-13-4-2-5-14-36)34-48(55-53)37-15-6-3-7-16-37/h2-34H,1H3. The fourth-order valence-electron chi connectivity index (χ4n) is 8.42. The molecular weight excluding hydrogens is 693 g/mol. The van der Waals surface area contributed by atoms with E-state index in [1.165, 1.54) is 49.7 Å². The van der Waals surface area contributed by atoms with Crippen LogP contribution in [-0.4, -0.2) is 19.1 Å². The van der Waals surface area contributed by atoms with E-state index in [1.54, 1.807) is 0 Å². The summed E-state index contributed by atoms with van der Waals surface area (Å²) in [6, 6.07) is 71.5. The maximum absolute atomic E-state index is 5.21. The summed E-state index contributed by atoms with van der Waals surface area (Å²) >= 11 is 0. The molecule has 3 aromatic heterocycles. The van der Waals surface area contributed by atoms with Crippen LogP contribution in [0.25, 0.3) is 100 Å². The van der Waals surface area contributed by atoms with Gasteiger partial charge in [-0.25, -0.2) is 9.97 Å². The first-order valence-corrected chi connectivity index (χ1v) is 19.4. The van der Waals surface area contributed by atoms with Gasteiger partial charge in [0.15, 0.2) is 0 Å². The quantitative estimate of drug-likeness (QED) is 0.171. The predicted octanol–water partition coefficient (Wildman–Crippen LogP) is 13.6. The van der Waals surface area contributed by atoms with Crippen LogP contribution in [0.4, 0.5) is 0 Å². The molecule has 0 radical (unpaired) electrons. The van der Waals surface area contributed by atoms with Gasteiger partial charge in [0.25, 0.3) is 0 Å². The summed E-state index contributed by atoms with van der Waals surface area (Å²) in [4.78, 5) is 10.4. The SMILES string of the molecule is Cc1ccc(-n2c3ccccc3c3ccc(-c4cccc(-c5ccc6c(c5)c5ccccc5n6-c5nc(-c6ccccc6)cc(-c6ccccc6)n5)c4)cc32)cc1. The highest BCUT2D eigenvalue weighted by atomic mass is 15.2. The van der Waals surface area contributed by atoms with Crippen LogP contribution >= 0.6 is 0 Å². The number of fused-ring (bicyclic) bond motifs is 6. The second kappa shape index (κ2) is 13.3. The average Bonchev–Trinajstić information content (AvgIpc) is 3.79. The Bertz CT molecular complexity index is 3230. The molecule has 0 aliphatic heterocycles. The van der Waals surface area contributed by atoms with Crippen LogP contribution in [0.2, 0.25) is 0 Å². The van der Waals surface area contributed by atoms with Gasteiger partial charge in [-0.3, -0.25) is 4.57 Å². The summed E-state index contributed by atoms with van der Waals surface area (Å²) in [5.74, 6) is 0.648. The minimum absolute atomic E-state index is 0.648. The van der Waals surface area contributed by atoms with Gasteiger partial charge >= 0.3 is 0 Å². The molecule has 0 aliphatic rings. The zero-order chi connectivity index (χ0) is 37.9. The Morgan fingerprint density at radius 1 is 0.316 bits per heavy atom. The highest BCUT2D eigenvalue weighted by Gasteiger charge is 2.18. The van der Waals surface area contributed by atoms with Crippen LogP contribution in [-0.2, 0) is 0 Å². The average molecular weight is 729 g/mol. The molecule has 4 nitrogen and oxygen atoms in total. The number of para-hydroxylation sites is 2. The highest BCUT2D eigenvalue weighted by Crippen LogP contribution is 2.38. The van der Waals surface area contributed by atoms with Crippen molar-refractivity contribution in [1.29, 1.82) is 0 Å². The van der Waals surface area contributed by atoms with Gasteiger partial charge in [-0.2, -0.15) is 0 Å². The number of aromatic nitrogens is 4. The summed E-state index contributed by atoms with van der Waals surface area (Å²) in [5.41, 5.74) is 15.5. The van der Waals surface area contributed by atoms with Crippen molar-refractivity contribution in [3.8, 4) is 56.4 Å². The van der Waals surface area contributed by atoms with Crippen molar-refractivity contribution in [2.24, 2.45) is 0 Å². The van der Waals surface area contributed by atoms with Crippen molar-refractivity contribution in [3.05, 3.63) is 206 Å². The van der Waals surface area contributed by atoms with E-state index in [0.717, 1.165) is 49.9 Å². The Kier molecular flexibility index (Phi) is 7.68. The van der Waals surface area contributed by atoms with Crippen LogP contribution < -0.4 is 0 Å². The zero-order valence-corrected chi connectivity index (χ0v) is 31.3. The number of aryl methyl sites for hydroxylation is 1. The van der Waals surface area contributed by atoms with Crippen molar-refractivity contribution in [1.82, 2.24) is 19.1 Å². The van der Waals surface area contributed by atoms with E-state index in [0.29, 0.717) is 5.95 Å². The van der Waals surface area contributed by atoms with Crippen molar-refractivity contribution in [2.75, 3.05) is 0 Å². The summed E-state index contributed by atoms with van der Waals surface area (Å²) in [6.07, 6.45) is 0. The largest absolute Gasteiger partial charge is 0.309 e. The Balaban J connectivity index is 1.04. The van der Waals surface area contributed by atoms with Gasteiger partial charge in [-0.05, 0) is 83.8 Å². The van der Waals surface area contributed by atoms with Crippen LogP contribution in [0.5, 0.6) is 0 Å². The molecule has 0 N–H and O–H groups in total. The zero-order valence-electron chi connectivity index (χ0n) is 31.3. The Labute approximate surface area is 330 Å². The van der Waals surface area contributed by atoms with E-state index in [2.05, 4.69) is 204 Å². The second-order valence-electron chi connectivity index (χ2n) is 14.8. The maximum atomic E-state index is 5.21. The van der Waals surface area contributed by atoms with Crippen LogP contribution in [0.1, 0.15) is 5.56 Å². The Morgan fingerprint density at radius 2 is 0.807 bits per heavy atom. The smallest absolute Gasteiger partial charge is 0.235 e. The van der Waals surface area contributed by atoms with E-state index in [4.69, 9.17) is 9.97 Å². The lowest BCUT2D eigenvalue weighted by molar-refractivity contribution is 0.995. The van der Waals surface area contributed by atoms with Gasteiger partial charge in [-0.1, -0.05) is 151 Å². The Hall–Kier alpha value is -7.56. The van der Waals surface area contributed by atoms with E-state index < -0.39 is 0 Å². The first-order chi connectivity index (χ1) is 28.2. The lowest BCUT2D eigenvalue weighted by Crippen LogP contribution is -2.03. The monoisotopic (exact) mass is 728 g/mol. The molecule has 11 rings (SSSR count). The normalized spacial score (nSPS) is 11.6. The van der Waals surface area contributed by atoms with E-state index in [-0.39, 0.29) is 0 Å². The van der Waals surface area contributed by atoms with E-state index in [1.807, 2.05) is 12.1 Å². The van der Waals surface area contributed by atoms with E-state index >= 15 is 0 Å². The lowest BCUT2D eigenvalue weighted by Gasteiger charge is -2.12. The van der Waals surface area contributed by atoms with Gasteiger partial charge < -0.3 is 4.57 Å². The summed E-state index contributed by atoms with van der Waals surface area (Å²) < 4.78 is 4.61. The molecule has 57 heavy (non-hydrogen) atoms. The van der Waals surface area contributed by atoms with Gasteiger partial charge in [0.1, 0.15) is 0 Å². The summed E-state index contributed by atoms with van der Waals surface area (Å²) in [5, 5.41) is 4.83. The van der Waals surface area contributed by atoms with Crippen molar-refractivity contribution in [2.45, 2.75) is 6.92 Å². The molecule has 0 unspecified atom stereocenters. The Morgan fingerprint density at radius 3 is 1.47 bits per heavy atom. The predicted molar refractivity (Wildman–Crippen MR) is 237 cm³/mol. The number of benzene rings is 8. The van der Waals surface area contributed by atoms with Gasteiger partial charge in [0.05, 0.1) is 33.5 Å². The lowest BCUT2D eigenvalue weighted by atomic mass is 9.97. The molecule has 4 heteroatoms. The molecule has 11 aromatic rings. The molecule has 0 atom stereocenters. The molecular formula is C53H36N4. The molecule has 0 fully saturated rings. The summed E-state index contributed by atoms with van der Waals surface area (Å²) in [7, 11) is 0. The molecule has 0 saturated heterocycles. The third kappa shape index (κ3) is 5.61. The third-order valence-electron chi connectivity index (χ3n) is 11.2. The molecule has 0 saturated carbocycles. The maximum Gasteiger partial charge on any atom is 0.235 e. The molecule has 8 aromatic carbocycles. The highest BCUT2D eigenvalue weighted by molar-refractivity contribution is 6.11. The van der Waals surface area contributed by atoms with E-state index in [9.17, 15) is 0 Å². The fourth-order valence-corrected chi connectivity index (χ4v) is 8.42. The molecule has 0 bridgehead atoms. The first kappa shape index (κ1) is 32.8. The first-order valence-electron chi connectivity index (χ1n) is 19.4. The second-order valence-corrected chi connectivity index (χ2v) is 14.8. The van der Waals surface area contributed by atoms with Gasteiger partial charge in [0.2, 0.25) is 5.95 Å². The minimum atomic E-state index is 0.648. The third-order valence-corrected chi connectivity index (χ3v) is 11.2. The van der Waals surface area contributed by atoms with Crippen LogP contribution in [0.15, 0.2) is 200 Å². The van der Waals surface area contributed by atoms with Crippen molar-refractivity contribution in [3.63, 3.8) is 0 Å². The van der Waals surface area contributed by atoms with Gasteiger partial charge in [0, 0.05) is 38.4 Å². The molecule has 3 heterocycles. The van der Waals surface area contributed by atoms with Gasteiger partial charge in [-0.15, -0.1) is 0 Å². The van der Waals surface area contributed by atoms with Crippen LogP contribution in [0.3, 0.4) is 0 Å². The number of nitrogens with zero attached hydrogens (tertiary/aromatic N) is 4. The van der Waals surface area contributed by atoms with Crippen LogP contribution in [0, 0.1) is 6.92 Å². The molecule has 0 spiro atoms. The van der Waals surface area contributed by atoms with Crippen molar-refractivity contribution >= 4 is 43.6 Å². The minimum Gasteiger partial charge on any atom is -0.309 e. The fraction of sp³-hybridized carbons (Fsp3) is 0.0189. The number of rotatable bonds is 6. The molecule has 268 valence electrons. The molecule has 0 aliphatic carbocycles. The number of hydrogen-bond donors (Lipinski definition) is 0.